The molecule has 0 N–H and O–H groups in total. The summed E-state index contributed by atoms with van der Waals surface area (Å²) >= 11 is 0. The van der Waals surface area contributed by atoms with Crippen molar-refractivity contribution in [2.24, 2.45) is 7.05 Å². The zero-order chi connectivity index (χ0) is 9.68. The number of nitrogens with zero attached hydrogens (tertiary/aromatic N) is 2. The summed E-state index contributed by atoms with van der Waals surface area (Å²) < 4.78 is 6.52. The van der Waals surface area contributed by atoms with Gasteiger partial charge in [-0.2, -0.15) is 0 Å². The first-order chi connectivity index (χ1) is 6.22. The van der Waals surface area contributed by atoms with Gasteiger partial charge in [0.15, 0.2) is 0 Å². The van der Waals surface area contributed by atoms with Gasteiger partial charge < -0.3 is 9.30 Å². The molecule has 0 atom stereocenters. The van der Waals surface area contributed by atoms with Gasteiger partial charge in [0.1, 0.15) is 0 Å². The number of esters is 1. The van der Waals surface area contributed by atoms with Crippen molar-refractivity contribution in [3.63, 3.8) is 0 Å². The maximum absolute atomic E-state index is 10.9. The molecule has 70 valence electrons. The molecule has 0 aliphatic carbocycles. The molecule has 4 nitrogen and oxygen atoms in total. The van der Waals surface area contributed by atoms with Gasteiger partial charge in [0.25, 0.3) is 0 Å². The first-order valence-corrected chi connectivity index (χ1v) is 4.05. The van der Waals surface area contributed by atoms with E-state index in [0.717, 1.165) is 5.69 Å². The van der Waals surface area contributed by atoms with E-state index < -0.39 is 0 Å². The normalized spacial score (nSPS) is 10.6. The Morgan fingerprint density at radius 2 is 2.54 bits per heavy atom. The Morgan fingerprint density at radius 1 is 1.77 bits per heavy atom. The van der Waals surface area contributed by atoms with Crippen LogP contribution in [0.4, 0.5) is 0 Å². The average Bonchev–Trinajstić information content (AvgIpc) is 2.49. The van der Waals surface area contributed by atoms with Crippen LogP contribution < -0.4 is 0 Å². The SMILES string of the molecule is CCOC(=O)/C=C\c1cn(C)cn1. The van der Waals surface area contributed by atoms with Crippen LogP contribution in [0.15, 0.2) is 18.6 Å². The van der Waals surface area contributed by atoms with Gasteiger partial charge in [0, 0.05) is 19.3 Å². The van der Waals surface area contributed by atoms with Gasteiger partial charge in [0.05, 0.1) is 18.6 Å². The molecular weight excluding hydrogens is 168 g/mol. The monoisotopic (exact) mass is 180 g/mol. The Kier molecular flexibility index (Phi) is 3.25. The molecule has 0 radical (unpaired) electrons. The van der Waals surface area contributed by atoms with Gasteiger partial charge in [0.2, 0.25) is 0 Å². The Balaban J connectivity index is 2.53. The third-order valence-electron chi connectivity index (χ3n) is 1.40. The summed E-state index contributed by atoms with van der Waals surface area (Å²) in [6.45, 7) is 2.16. The number of aryl methyl sites for hydroxylation is 1. The Bertz CT molecular complexity index is 315. The molecule has 0 saturated carbocycles. The molecule has 1 aromatic heterocycles. The number of carbonyl (C=O) groups excluding carboxylic acids is 1. The topological polar surface area (TPSA) is 44.1 Å². The Labute approximate surface area is 76.8 Å². The van der Waals surface area contributed by atoms with E-state index in [1.54, 1.807) is 19.3 Å². The fourth-order valence-corrected chi connectivity index (χ4v) is 0.863. The highest BCUT2D eigenvalue weighted by atomic mass is 16.5. The standard InChI is InChI=1S/C9H12N2O2/c1-3-13-9(12)5-4-8-6-11(2)7-10-8/h4-7H,3H2,1-2H3/b5-4-. The molecule has 0 aromatic carbocycles. The van der Waals surface area contributed by atoms with Gasteiger partial charge in [-0.25, -0.2) is 9.78 Å². The summed E-state index contributed by atoms with van der Waals surface area (Å²) in [4.78, 5) is 14.9. The molecule has 0 fully saturated rings. The van der Waals surface area contributed by atoms with Crippen LogP contribution >= 0.6 is 0 Å². The molecule has 0 aliphatic rings. The molecule has 1 rings (SSSR count). The van der Waals surface area contributed by atoms with Crippen molar-refractivity contribution < 1.29 is 9.53 Å². The van der Waals surface area contributed by atoms with Gasteiger partial charge >= 0.3 is 5.97 Å². The summed E-state index contributed by atoms with van der Waals surface area (Å²) in [6.07, 6.45) is 6.48. The lowest BCUT2D eigenvalue weighted by atomic mass is 10.4. The second kappa shape index (κ2) is 4.45. The third-order valence-corrected chi connectivity index (χ3v) is 1.40. The second-order valence-corrected chi connectivity index (χ2v) is 2.55. The van der Waals surface area contributed by atoms with Crippen LogP contribution in [0.1, 0.15) is 12.6 Å². The summed E-state index contributed by atoms with van der Waals surface area (Å²) in [5.74, 6) is -0.340. The molecular formula is C9H12N2O2. The van der Waals surface area contributed by atoms with E-state index in [2.05, 4.69) is 4.98 Å². The summed E-state index contributed by atoms with van der Waals surface area (Å²) in [5.41, 5.74) is 0.746. The maximum atomic E-state index is 10.9. The highest BCUT2D eigenvalue weighted by molar-refractivity contribution is 5.86. The van der Waals surface area contributed by atoms with Crippen LogP contribution in [-0.2, 0) is 16.6 Å². The van der Waals surface area contributed by atoms with E-state index in [0.29, 0.717) is 6.61 Å². The van der Waals surface area contributed by atoms with Crippen LogP contribution in [0.2, 0.25) is 0 Å². The second-order valence-electron chi connectivity index (χ2n) is 2.55. The highest BCUT2D eigenvalue weighted by Gasteiger charge is 1.94. The number of hydrogen-bond donors (Lipinski definition) is 0. The van der Waals surface area contributed by atoms with Crippen LogP contribution in [0.25, 0.3) is 6.08 Å². The van der Waals surface area contributed by atoms with Crippen molar-refractivity contribution >= 4 is 12.0 Å². The lowest BCUT2D eigenvalue weighted by molar-refractivity contribution is -0.137. The molecule has 0 aliphatic heterocycles. The smallest absolute Gasteiger partial charge is 0.330 e. The lowest BCUT2D eigenvalue weighted by Crippen LogP contribution is -1.98. The van der Waals surface area contributed by atoms with Crippen LogP contribution in [0.5, 0.6) is 0 Å². The molecule has 0 spiro atoms. The van der Waals surface area contributed by atoms with E-state index in [-0.39, 0.29) is 5.97 Å². The lowest BCUT2D eigenvalue weighted by Gasteiger charge is -1.92. The highest BCUT2D eigenvalue weighted by Crippen LogP contribution is 1.97. The van der Waals surface area contributed by atoms with Gasteiger partial charge in [-0.3, -0.25) is 0 Å². The van der Waals surface area contributed by atoms with E-state index in [1.807, 2.05) is 17.8 Å². The van der Waals surface area contributed by atoms with Crippen LogP contribution in [-0.4, -0.2) is 22.1 Å². The number of carbonyl (C=O) groups is 1. The minimum absolute atomic E-state index is 0.340. The van der Waals surface area contributed by atoms with Gasteiger partial charge in [-0.05, 0) is 13.0 Å². The Hall–Kier alpha value is -1.58. The quantitative estimate of drug-likeness (QED) is 0.514. The summed E-state index contributed by atoms with van der Waals surface area (Å²) in [7, 11) is 1.87. The van der Waals surface area contributed by atoms with Crippen molar-refractivity contribution in [1.82, 2.24) is 9.55 Å². The van der Waals surface area contributed by atoms with Crippen LogP contribution in [0, 0.1) is 0 Å². The first-order valence-electron chi connectivity index (χ1n) is 4.05. The molecule has 0 amide bonds. The number of hydrogen-bond acceptors (Lipinski definition) is 3. The third kappa shape index (κ3) is 3.11. The van der Waals surface area contributed by atoms with Crippen molar-refractivity contribution in [3.05, 3.63) is 24.3 Å². The van der Waals surface area contributed by atoms with E-state index in [1.165, 1.54) is 6.08 Å². The molecule has 0 bridgehead atoms. The average molecular weight is 180 g/mol. The number of aromatic nitrogens is 2. The fourth-order valence-electron chi connectivity index (χ4n) is 0.863. The largest absolute Gasteiger partial charge is 0.463 e. The molecule has 13 heavy (non-hydrogen) atoms. The fraction of sp³-hybridized carbons (Fsp3) is 0.333. The molecule has 0 unspecified atom stereocenters. The van der Waals surface area contributed by atoms with E-state index in [9.17, 15) is 4.79 Å². The minimum atomic E-state index is -0.340. The number of ether oxygens (including phenoxy) is 1. The van der Waals surface area contributed by atoms with E-state index >= 15 is 0 Å². The Morgan fingerprint density at radius 3 is 3.08 bits per heavy atom. The van der Waals surface area contributed by atoms with Crippen LogP contribution in [0.3, 0.4) is 0 Å². The van der Waals surface area contributed by atoms with Gasteiger partial charge in [-0.15, -0.1) is 0 Å². The zero-order valence-electron chi connectivity index (χ0n) is 7.73. The molecule has 1 aromatic rings. The maximum Gasteiger partial charge on any atom is 0.330 e. The van der Waals surface area contributed by atoms with E-state index in [4.69, 9.17) is 4.74 Å². The zero-order valence-corrected chi connectivity index (χ0v) is 7.73. The predicted octanol–water partition coefficient (Wildman–Crippen LogP) is 0.996. The molecule has 4 heteroatoms. The number of imidazole rings is 1. The first kappa shape index (κ1) is 9.51. The summed E-state index contributed by atoms with van der Waals surface area (Å²) in [5, 5.41) is 0. The van der Waals surface area contributed by atoms with Crippen molar-refractivity contribution in [1.29, 1.82) is 0 Å². The number of rotatable bonds is 3. The molecule has 0 saturated heterocycles. The summed E-state index contributed by atoms with van der Waals surface area (Å²) in [6, 6.07) is 0. The van der Waals surface area contributed by atoms with Crippen molar-refractivity contribution in [2.45, 2.75) is 6.92 Å². The van der Waals surface area contributed by atoms with Crippen molar-refractivity contribution in [2.75, 3.05) is 6.61 Å². The molecule has 1 heterocycles. The van der Waals surface area contributed by atoms with Crippen molar-refractivity contribution in [3.8, 4) is 0 Å². The minimum Gasteiger partial charge on any atom is -0.463 e. The van der Waals surface area contributed by atoms with Gasteiger partial charge in [-0.1, -0.05) is 0 Å². The predicted molar refractivity (Wildman–Crippen MR) is 48.9 cm³/mol.